The molecule has 2 aliphatic rings. The molecule has 2 aromatic rings. The van der Waals surface area contributed by atoms with Gasteiger partial charge >= 0.3 is 0 Å². The first-order chi connectivity index (χ1) is 13.1. The van der Waals surface area contributed by atoms with Gasteiger partial charge in [-0.05, 0) is 47.9 Å². The molecule has 1 saturated heterocycles. The van der Waals surface area contributed by atoms with E-state index in [-0.39, 0.29) is 36.8 Å². The molecule has 5 nitrogen and oxygen atoms in total. The van der Waals surface area contributed by atoms with E-state index in [1.165, 1.54) is 0 Å². The van der Waals surface area contributed by atoms with Gasteiger partial charge in [0.2, 0.25) is 5.91 Å². The van der Waals surface area contributed by atoms with Crippen LogP contribution in [0.2, 0.25) is 0 Å². The fourth-order valence-electron chi connectivity index (χ4n) is 4.33. The Morgan fingerprint density at radius 1 is 0.964 bits per heavy atom. The molecule has 2 aromatic carbocycles. The Kier molecular flexibility index (Phi) is 6.37. The highest BCUT2D eigenvalue weighted by atomic mass is 35.5. The number of nitrogens with two attached hydrogens (primary N) is 1. The molecule has 0 radical (unpaired) electrons. The molecule has 2 fully saturated rings. The number of fused-ring (bicyclic) bond motifs is 1. The molecule has 0 bridgehead atoms. The van der Waals surface area contributed by atoms with Crippen LogP contribution in [0.5, 0.6) is 0 Å². The van der Waals surface area contributed by atoms with Crippen molar-refractivity contribution in [1.29, 1.82) is 0 Å². The van der Waals surface area contributed by atoms with Crippen LogP contribution in [0.3, 0.4) is 0 Å². The lowest BCUT2D eigenvalue weighted by molar-refractivity contribution is -0.129. The van der Waals surface area contributed by atoms with Crippen LogP contribution in [0.4, 0.5) is 0 Å². The van der Waals surface area contributed by atoms with E-state index in [2.05, 4.69) is 5.32 Å². The van der Waals surface area contributed by atoms with Crippen LogP contribution in [0.25, 0.3) is 11.1 Å². The van der Waals surface area contributed by atoms with Crippen molar-refractivity contribution < 1.29 is 9.59 Å². The number of likely N-dealkylation sites (tertiary alicyclic amines) is 1. The van der Waals surface area contributed by atoms with Crippen molar-refractivity contribution in [3.05, 3.63) is 60.2 Å². The number of carbonyl (C=O) groups is 2. The normalized spacial score (nSPS) is 23.0. The lowest BCUT2D eigenvalue weighted by Gasteiger charge is -2.19. The van der Waals surface area contributed by atoms with Gasteiger partial charge in [-0.15, -0.1) is 12.4 Å². The van der Waals surface area contributed by atoms with Gasteiger partial charge in [-0.1, -0.05) is 42.5 Å². The second-order valence-electron chi connectivity index (χ2n) is 7.59. The summed E-state index contributed by atoms with van der Waals surface area (Å²) in [4.78, 5) is 26.6. The van der Waals surface area contributed by atoms with E-state index in [0.29, 0.717) is 17.4 Å². The summed E-state index contributed by atoms with van der Waals surface area (Å²) in [5.41, 5.74) is 8.85. The van der Waals surface area contributed by atoms with Crippen LogP contribution in [0.15, 0.2) is 54.6 Å². The molecule has 3 atom stereocenters. The predicted molar refractivity (Wildman–Crippen MR) is 112 cm³/mol. The van der Waals surface area contributed by atoms with Crippen LogP contribution in [-0.2, 0) is 4.79 Å². The number of rotatable bonds is 4. The van der Waals surface area contributed by atoms with E-state index >= 15 is 0 Å². The van der Waals surface area contributed by atoms with Gasteiger partial charge in [-0.25, -0.2) is 0 Å². The number of hydrogen-bond acceptors (Lipinski definition) is 3. The minimum absolute atomic E-state index is 0. The Labute approximate surface area is 171 Å². The topological polar surface area (TPSA) is 75.4 Å². The monoisotopic (exact) mass is 399 g/mol. The third-order valence-electron chi connectivity index (χ3n) is 5.92. The molecule has 148 valence electrons. The maximum atomic E-state index is 12.4. The summed E-state index contributed by atoms with van der Waals surface area (Å²) < 4.78 is 0. The first kappa shape index (κ1) is 20.4. The average Bonchev–Trinajstić information content (AvgIpc) is 3.29. The standard InChI is InChI=1S/C22H25N3O2.ClH/c23-20-11-10-18-13-25(14-19(18)20)21(26)12-24-22(27)17-8-6-16(7-9-17)15-4-2-1-3-5-15;/h1-9,18-20H,10-14,23H2,(H,24,27);1H. The van der Waals surface area contributed by atoms with Crippen molar-refractivity contribution in [2.75, 3.05) is 19.6 Å². The van der Waals surface area contributed by atoms with Gasteiger partial charge in [0.15, 0.2) is 0 Å². The van der Waals surface area contributed by atoms with Gasteiger partial charge < -0.3 is 16.0 Å². The largest absolute Gasteiger partial charge is 0.343 e. The third-order valence-corrected chi connectivity index (χ3v) is 5.92. The van der Waals surface area contributed by atoms with Gasteiger partial charge in [0.25, 0.3) is 5.91 Å². The summed E-state index contributed by atoms with van der Waals surface area (Å²) in [7, 11) is 0. The molecule has 1 aliphatic carbocycles. The molecule has 1 heterocycles. The number of halogens is 1. The van der Waals surface area contributed by atoms with Gasteiger partial charge in [0.1, 0.15) is 0 Å². The zero-order chi connectivity index (χ0) is 18.8. The molecular weight excluding hydrogens is 374 g/mol. The fourth-order valence-corrected chi connectivity index (χ4v) is 4.33. The van der Waals surface area contributed by atoms with Crippen molar-refractivity contribution in [2.24, 2.45) is 17.6 Å². The molecule has 1 aliphatic heterocycles. The summed E-state index contributed by atoms with van der Waals surface area (Å²) in [6.45, 7) is 1.54. The SMILES string of the molecule is Cl.NC1CCC2CN(C(=O)CNC(=O)c3ccc(-c4ccccc4)cc3)CC12. The molecule has 1 saturated carbocycles. The number of nitrogens with one attached hydrogen (secondary N) is 1. The molecule has 2 amide bonds. The van der Waals surface area contributed by atoms with Crippen LogP contribution < -0.4 is 11.1 Å². The zero-order valence-electron chi connectivity index (χ0n) is 15.7. The summed E-state index contributed by atoms with van der Waals surface area (Å²) >= 11 is 0. The maximum Gasteiger partial charge on any atom is 0.251 e. The Morgan fingerprint density at radius 3 is 2.32 bits per heavy atom. The second kappa shape index (κ2) is 8.76. The van der Waals surface area contributed by atoms with E-state index in [9.17, 15) is 9.59 Å². The van der Waals surface area contributed by atoms with E-state index in [1.807, 2.05) is 47.4 Å². The van der Waals surface area contributed by atoms with Gasteiger partial charge in [0, 0.05) is 24.7 Å². The van der Waals surface area contributed by atoms with Crippen LogP contribution >= 0.6 is 12.4 Å². The Balaban J connectivity index is 0.00000225. The van der Waals surface area contributed by atoms with Gasteiger partial charge in [-0.2, -0.15) is 0 Å². The molecule has 0 spiro atoms. The number of carbonyl (C=O) groups excluding carboxylic acids is 2. The Bertz CT molecular complexity index is 825. The molecule has 0 aromatic heterocycles. The molecular formula is C22H26ClN3O2. The molecule has 28 heavy (non-hydrogen) atoms. The van der Waals surface area contributed by atoms with Gasteiger partial charge in [0.05, 0.1) is 6.54 Å². The lowest BCUT2D eigenvalue weighted by atomic mass is 9.98. The van der Waals surface area contributed by atoms with E-state index in [0.717, 1.165) is 37.1 Å². The van der Waals surface area contributed by atoms with Crippen molar-refractivity contribution in [3.8, 4) is 11.1 Å². The van der Waals surface area contributed by atoms with E-state index < -0.39 is 0 Å². The van der Waals surface area contributed by atoms with E-state index in [1.54, 1.807) is 12.1 Å². The number of amides is 2. The Hall–Kier alpha value is -2.37. The van der Waals surface area contributed by atoms with Crippen LogP contribution in [0, 0.1) is 11.8 Å². The van der Waals surface area contributed by atoms with E-state index in [4.69, 9.17) is 5.73 Å². The quantitative estimate of drug-likeness (QED) is 0.829. The zero-order valence-corrected chi connectivity index (χ0v) is 16.5. The summed E-state index contributed by atoms with van der Waals surface area (Å²) in [6.07, 6.45) is 2.17. The molecule has 6 heteroatoms. The van der Waals surface area contributed by atoms with Crippen molar-refractivity contribution >= 4 is 24.2 Å². The number of benzene rings is 2. The Morgan fingerprint density at radius 2 is 1.64 bits per heavy atom. The van der Waals surface area contributed by atoms with Crippen LogP contribution in [0.1, 0.15) is 23.2 Å². The second-order valence-corrected chi connectivity index (χ2v) is 7.59. The minimum Gasteiger partial charge on any atom is -0.343 e. The highest BCUT2D eigenvalue weighted by Gasteiger charge is 2.42. The smallest absolute Gasteiger partial charge is 0.251 e. The first-order valence-electron chi connectivity index (χ1n) is 9.59. The van der Waals surface area contributed by atoms with Crippen LogP contribution in [-0.4, -0.2) is 42.4 Å². The molecule has 4 rings (SSSR count). The highest BCUT2D eigenvalue weighted by molar-refractivity contribution is 5.96. The minimum atomic E-state index is -0.223. The number of nitrogens with zero attached hydrogens (tertiary/aromatic N) is 1. The molecule has 3 N–H and O–H groups in total. The van der Waals surface area contributed by atoms with Crippen molar-refractivity contribution in [2.45, 2.75) is 18.9 Å². The summed E-state index contributed by atoms with van der Waals surface area (Å²) in [5, 5.41) is 2.75. The number of hydrogen-bond donors (Lipinski definition) is 2. The fraction of sp³-hybridized carbons (Fsp3) is 0.364. The summed E-state index contributed by atoms with van der Waals surface area (Å²) in [6, 6.07) is 17.7. The van der Waals surface area contributed by atoms with Gasteiger partial charge in [-0.3, -0.25) is 9.59 Å². The third kappa shape index (κ3) is 4.21. The summed E-state index contributed by atoms with van der Waals surface area (Å²) in [5.74, 6) is 0.713. The highest BCUT2D eigenvalue weighted by Crippen LogP contribution is 2.37. The van der Waals surface area contributed by atoms with Crippen molar-refractivity contribution in [3.63, 3.8) is 0 Å². The maximum absolute atomic E-state index is 12.4. The van der Waals surface area contributed by atoms with Crippen molar-refractivity contribution in [1.82, 2.24) is 10.2 Å². The average molecular weight is 400 g/mol. The molecule has 3 unspecified atom stereocenters. The predicted octanol–water partition coefficient (Wildman–Crippen LogP) is 2.70. The lowest BCUT2D eigenvalue weighted by Crippen LogP contribution is -2.40. The first-order valence-corrected chi connectivity index (χ1v) is 9.59.